The molecule has 0 spiro atoms. The number of hydrogen-bond acceptors (Lipinski definition) is 2. The summed E-state index contributed by atoms with van der Waals surface area (Å²) in [5.41, 5.74) is 6.64. The summed E-state index contributed by atoms with van der Waals surface area (Å²) in [4.78, 5) is 4.71. The van der Waals surface area contributed by atoms with Crippen molar-refractivity contribution in [2.24, 2.45) is 0 Å². The van der Waals surface area contributed by atoms with Crippen molar-refractivity contribution in [2.45, 2.75) is 0 Å². The van der Waals surface area contributed by atoms with Crippen molar-refractivity contribution in [3.63, 3.8) is 0 Å². The normalized spacial score (nSPS) is 15.1. The Balaban J connectivity index is 1.89. The monoisotopic (exact) mass is 273 g/mol. The quantitative estimate of drug-likeness (QED) is 0.766. The van der Waals surface area contributed by atoms with E-state index in [-0.39, 0.29) is 0 Å². The highest BCUT2D eigenvalue weighted by Gasteiger charge is 2.16. The SMILES string of the molecule is C=Cc1c(/C=C2\CNc3ccccc32)nc2ccccn12. The van der Waals surface area contributed by atoms with Crippen LogP contribution >= 0.6 is 0 Å². The van der Waals surface area contributed by atoms with Gasteiger partial charge in [-0.05, 0) is 35.9 Å². The summed E-state index contributed by atoms with van der Waals surface area (Å²) in [5.74, 6) is 0. The predicted octanol–water partition coefficient (Wildman–Crippen LogP) is 3.94. The van der Waals surface area contributed by atoms with Crippen LogP contribution in [0.3, 0.4) is 0 Å². The second-order valence-electron chi connectivity index (χ2n) is 5.08. The van der Waals surface area contributed by atoms with Crippen molar-refractivity contribution >= 4 is 29.1 Å². The van der Waals surface area contributed by atoms with E-state index in [2.05, 4.69) is 46.6 Å². The topological polar surface area (TPSA) is 29.3 Å². The summed E-state index contributed by atoms with van der Waals surface area (Å²) in [6.45, 7) is 4.76. The van der Waals surface area contributed by atoms with Gasteiger partial charge < -0.3 is 5.32 Å². The van der Waals surface area contributed by atoms with Gasteiger partial charge in [0.05, 0.1) is 11.4 Å². The minimum absolute atomic E-state index is 0.837. The molecule has 1 aromatic carbocycles. The van der Waals surface area contributed by atoms with E-state index >= 15 is 0 Å². The van der Waals surface area contributed by atoms with Crippen LogP contribution in [0.25, 0.3) is 23.4 Å². The first-order chi connectivity index (χ1) is 10.4. The molecule has 1 aliphatic heterocycles. The van der Waals surface area contributed by atoms with E-state index in [0.717, 1.165) is 23.6 Å². The number of pyridine rings is 1. The third-order valence-corrected chi connectivity index (χ3v) is 3.84. The standard InChI is InChI=1S/C18H15N3/c1-2-17-16(20-18-9-5-6-10-21(17)18)11-13-12-19-15-8-4-3-7-14(13)15/h2-11,19H,1,12H2/b13-11+. The van der Waals surface area contributed by atoms with Gasteiger partial charge in [-0.3, -0.25) is 4.40 Å². The van der Waals surface area contributed by atoms with Gasteiger partial charge in [-0.15, -0.1) is 0 Å². The molecule has 3 heteroatoms. The van der Waals surface area contributed by atoms with E-state index in [4.69, 9.17) is 4.98 Å². The van der Waals surface area contributed by atoms with E-state index in [1.807, 2.05) is 30.5 Å². The molecule has 0 bridgehead atoms. The molecule has 0 unspecified atom stereocenters. The lowest BCUT2D eigenvalue weighted by molar-refractivity contribution is 1.17. The average Bonchev–Trinajstić information content (AvgIpc) is 3.09. The number of anilines is 1. The van der Waals surface area contributed by atoms with Crippen molar-refractivity contribution in [2.75, 3.05) is 11.9 Å². The Labute approximate surface area is 123 Å². The summed E-state index contributed by atoms with van der Waals surface area (Å²) in [6.07, 6.45) is 6.03. The highest BCUT2D eigenvalue weighted by Crippen LogP contribution is 2.32. The van der Waals surface area contributed by atoms with Gasteiger partial charge in [0.25, 0.3) is 0 Å². The molecule has 0 atom stereocenters. The zero-order chi connectivity index (χ0) is 14.2. The van der Waals surface area contributed by atoms with Gasteiger partial charge in [0.15, 0.2) is 0 Å². The number of hydrogen-bond donors (Lipinski definition) is 1. The zero-order valence-corrected chi connectivity index (χ0v) is 11.6. The summed E-state index contributed by atoms with van der Waals surface area (Å²) < 4.78 is 2.06. The Hall–Kier alpha value is -2.81. The number of nitrogens with one attached hydrogen (secondary N) is 1. The van der Waals surface area contributed by atoms with Crippen LogP contribution in [0, 0.1) is 0 Å². The van der Waals surface area contributed by atoms with Crippen molar-refractivity contribution in [1.29, 1.82) is 0 Å². The summed E-state index contributed by atoms with van der Waals surface area (Å²) in [5, 5.41) is 3.41. The molecular formula is C18H15N3. The maximum atomic E-state index is 4.71. The van der Waals surface area contributed by atoms with Gasteiger partial charge in [-0.25, -0.2) is 4.98 Å². The van der Waals surface area contributed by atoms with Crippen LogP contribution in [0.1, 0.15) is 17.0 Å². The molecule has 21 heavy (non-hydrogen) atoms. The van der Waals surface area contributed by atoms with Gasteiger partial charge in [-0.2, -0.15) is 0 Å². The molecule has 1 aliphatic rings. The Kier molecular flexibility index (Phi) is 2.64. The first kappa shape index (κ1) is 12.0. The van der Waals surface area contributed by atoms with Crippen molar-refractivity contribution in [1.82, 2.24) is 9.38 Å². The minimum atomic E-state index is 0.837. The lowest BCUT2D eigenvalue weighted by atomic mass is 10.1. The number of fused-ring (bicyclic) bond motifs is 2. The molecule has 3 aromatic rings. The number of nitrogens with zero attached hydrogens (tertiary/aromatic N) is 2. The van der Waals surface area contributed by atoms with Crippen LogP contribution < -0.4 is 5.32 Å². The van der Waals surface area contributed by atoms with Gasteiger partial charge in [-0.1, -0.05) is 30.8 Å². The summed E-state index contributed by atoms with van der Waals surface area (Å²) in [6, 6.07) is 14.4. The van der Waals surface area contributed by atoms with E-state index in [1.54, 1.807) is 0 Å². The van der Waals surface area contributed by atoms with Crippen LogP contribution in [0.15, 0.2) is 55.2 Å². The fourth-order valence-corrected chi connectivity index (χ4v) is 2.84. The maximum absolute atomic E-state index is 4.71. The number of para-hydroxylation sites is 1. The van der Waals surface area contributed by atoms with Crippen LogP contribution in [0.5, 0.6) is 0 Å². The zero-order valence-electron chi connectivity index (χ0n) is 11.6. The third kappa shape index (κ3) is 1.86. The Morgan fingerprint density at radius 3 is 2.90 bits per heavy atom. The highest BCUT2D eigenvalue weighted by atomic mass is 15.0. The number of imidazole rings is 1. The highest BCUT2D eigenvalue weighted by molar-refractivity contribution is 5.93. The van der Waals surface area contributed by atoms with Gasteiger partial charge >= 0.3 is 0 Å². The smallest absolute Gasteiger partial charge is 0.137 e. The Morgan fingerprint density at radius 1 is 1.14 bits per heavy atom. The van der Waals surface area contributed by atoms with Gasteiger partial charge in [0.2, 0.25) is 0 Å². The van der Waals surface area contributed by atoms with E-state index < -0.39 is 0 Å². The molecule has 3 nitrogen and oxygen atoms in total. The van der Waals surface area contributed by atoms with Crippen molar-refractivity contribution in [3.05, 3.63) is 72.2 Å². The summed E-state index contributed by atoms with van der Waals surface area (Å²) >= 11 is 0. The van der Waals surface area contributed by atoms with Gasteiger partial charge in [0, 0.05) is 24.0 Å². The van der Waals surface area contributed by atoms with Crippen LogP contribution in [0.4, 0.5) is 5.69 Å². The van der Waals surface area contributed by atoms with Crippen LogP contribution in [0.2, 0.25) is 0 Å². The molecule has 0 amide bonds. The van der Waals surface area contributed by atoms with Gasteiger partial charge in [0.1, 0.15) is 5.65 Å². The second-order valence-corrected chi connectivity index (χ2v) is 5.08. The maximum Gasteiger partial charge on any atom is 0.137 e. The molecule has 0 saturated heterocycles. The molecule has 0 aliphatic carbocycles. The Morgan fingerprint density at radius 2 is 2.00 bits per heavy atom. The predicted molar refractivity (Wildman–Crippen MR) is 88.1 cm³/mol. The first-order valence-corrected chi connectivity index (χ1v) is 7.00. The first-order valence-electron chi connectivity index (χ1n) is 7.00. The number of benzene rings is 1. The van der Waals surface area contributed by atoms with E-state index in [9.17, 15) is 0 Å². The van der Waals surface area contributed by atoms with Crippen LogP contribution in [-0.4, -0.2) is 15.9 Å². The minimum Gasteiger partial charge on any atom is -0.380 e. The van der Waals surface area contributed by atoms with E-state index in [0.29, 0.717) is 0 Å². The van der Waals surface area contributed by atoms with Crippen LogP contribution in [-0.2, 0) is 0 Å². The molecule has 2 aromatic heterocycles. The number of aromatic nitrogens is 2. The fourth-order valence-electron chi connectivity index (χ4n) is 2.84. The lowest BCUT2D eigenvalue weighted by Crippen LogP contribution is -1.92. The Bertz CT molecular complexity index is 871. The second kappa shape index (κ2) is 4.63. The molecule has 1 N–H and O–H groups in total. The molecule has 0 fully saturated rings. The molecule has 3 heterocycles. The number of rotatable bonds is 2. The molecule has 4 rings (SSSR count). The molecule has 0 radical (unpaired) electrons. The largest absolute Gasteiger partial charge is 0.380 e. The fraction of sp³-hybridized carbons (Fsp3) is 0.0556. The summed E-state index contributed by atoms with van der Waals surface area (Å²) in [7, 11) is 0. The average molecular weight is 273 g/mol. The van der Waals surface area contributed by atoms with Crippen molar-refractivity contribution < 1.29 is 0 Å². The molecule has 102 valence electrons. The lowest BCUT2D eigenvalue weighted by Gasteiger charge is -1.99. The third-order valence-electron chi connectivity index (χ3n) is 3.84. The van der Waals surface area contributed by atoms with E-state index in [1.165, 1.54) is 16.8 Å². The molecular weight excluding hydrogens is 258 g/mol. The van der Waals surface area contributed by atoms with Crippen molar-refractivity contribution in [3.8, 4) is 0 Å². The molecule has 0 saturated carbocycles.